The average Bonchev–Trinajstić information content (AvgIpc) is 2.30. The molecular weight excluding hydrogens is 261 g/mol. The Morgan fingerprint density at radius 3 is 2.53 bits per heavy atom. The molecular formula is C11H9Cl2N3O. The highest BCUT2D eigenvalue weighted by Gasteiger charge is 2.10. The van der Waals surface area contributed by atoms with Gasteiger partial charge in [-0.15, -0.1) is 10.2 Å². The van der Waals surface area contributed by atoms with Crippen molar-refractivity contribution in [2.24, 2.45) is 0 Å². The van der Waals surface area contributed by atoms with E-state index in [1.54, 1.807) is 12.3 Å². The van der Waals surface area contributed by atoms with E-state index in [0.717, 1.165) is 11.1 Å². The highest BCUT2D eigenvalue weighted by atomic mass is 35.5. The van der Waals surface area contributed by atoms with Crippen molar-refractivity contribution >= 4 is 23.2 Å². The van der Waals surface area contributed by atoms with Gasteiger partial charge in [-0.1, -0.05) is 23.2 Å². The molecule has 2 aromatic rings. The SMILES string of the molecule is Cc1c(Cl)nnc(Oc2cncc(Cl)c2)c1C. The zero-order valence-electron chi connectivity index (χ0n) is 9.24. The van der Waals surface area contributed by atoms with Gasteiger partial charge in [0.15, 0.2) is 5.15 Å². The molecule has 0 unspecified atom stereocenters. The molecule has 0 bridgehead atoms. The average molecular weight is 270 g/mol. The fourth-order valence-corrected chi connectivity index (χ4v) is 1.55. The summed E-state index contributed by atoms with van der Waals surface area (Å²) in [6.07, 6.45) is 3.08. The molecule has 0 atom stereocenters. The minimum Gasteiger partial charge on any atom is -0.436 e. The summed E-state index contributed by atoms with van der Waals surface area (Å²) in [6.45, 7) is 3.72. The predicted molar refractivity (Wildman–Crippen MR) is 65.8 cm³/mol. The molecule has 17 heavy (non-hydrogen) atoms. The monoisotopic (exact) mass is 269 g/mol. The summed E-state index contributed by atoms with van der Waals surface area (Å²) in [5.41, 5.74) is 1.68. The topological polar surface area (TPSA) is 47.9 Å². The maximum absolute atomic E-state index is 5.85. The Kier molecular flexibility index (Phi) is 3.45. The highest BCUT2D eigenvalue weighted by molar-refractivity contribution is 6.30. The van der Waals surface area contributed by atoms with Gasteiger partial charge in [0.25, 0.3) is 0 Å². The fraction of sp³-hybridized carbons (Fsp3) is 0.182. The summed E-state index contributed by atoms with van der Waals surface area (Å²) in [5.74, 6) is 0.910. The molecule has 0 spiro atoms. The van der Waals surface area contributed by atoms with Crippen LogP contribution in [0.1, 0.15) is 11.1 Å². The zero-order valence-corrected chi connectivity index (χ0v) is 10.7. The molecule has 0 saturated carbocycles. The van der Waals surface area contributed by atoms with Crippen LogP contribution in [0.5, 0.6) is 11.6 Å². The Balaban J connectivity index is 2.34. The minimum absolute atomic E-state index is 0.374. The lowest BCUT2D eigenvalue weighted by atomic mass is 10.2. The molecule has 2 heterocycles. The van der Waals surface area contributed by atoms with E-state index < -0.39 is 0 Å². The van der Waals surface area contributed by atoms with Crippen LogP contribution in [0.2, 0.25) is 10.2 Å². The quantitative estimate of drug-likeness (QED) is 0.836. The van der Waals surface area contributed by atoms with E-state index in [1.165, 1.54) is 6.20 Å². The van der Waals surface area contributed by atoms with E-state index in [9.17, 15) is 0 Å². The second-order valence-electron chi connectivity index (χ2n) is 3.49. The smallest absolute Gasteiger partial charge is 0.242 e. The number of pyridine rings is 1. The fourth-order valence-electron chi connectivity index (χ4n) is 1.21. The Hall–Kier alpha value is -1.39. The van der Waals surface area contributed by atoms with Crippen LogP contribution < -0.4 is 4.74 Å². The van der Waals surface area contributed by atoms with Crippen LogP contribution >= 0.6 is 23.2 Å². The largest absolute Gasteiger partial charge is 0.436 e. The van der Waals surface area contributed by atoms with Crippen LogP contribution in [-0.4, -0.2) is 15.2 Å². The molecule has 0 amide bonds. The third-order valence-corrected chi connectivity index (χ3v) is 2.88. The van der Waals surface area contributed by atoms with Crippen molar-refractivity contribution in [3.8, 4) is 11.6 Å². The van der Waals surface area contributed by atoms with E-state index in [2.05, 4.69) is 15.2 Å². The van der Waals surface area contributed by atoms with Gasteiger partial charge in [-0.25, -0.2) is 0 Å². The Morgan fingerprint density at radius 2 is 1.82 bits per heavy atom. The molecule has 0 aromatic carbocycles. The Morgan fingerprint density at radius 1 is 1.06 bits per heavy atom. The summed E-state index contributed by atoms with van der Waals surface area (Å²) >= 11 is 11.7. The molecule has 0 aliphatic heterocycles. The predicted octanol–water partition coefficient (Wildman–Crippen LogP) is 3.59. The van der Waals surface area contributed by atoms with Crippen molar-refractivity contribution in [2.75, 3.05) is 0 Å². The number of rotatable bonds is 2. The van der Waals surface area contributed by atoms with Crippen molar-refractivity contribution in [3.63, 3.8) is 0 Å². The van der Waals surface area contributed by atoms with Crippen LogP contribution in [0, 0.1) is 13.8 Å². The molecule has 2 rings (SSSR count). The Labute approximate surface area is 109 Å². The van der Waals surface area contributed by atoms with Crippen molar-refractivity contribution in [2.45, 2.75) is 13.8 Å². The molecule has 88 valence electrons. The molecule has 0 radical (unpaired) electrons. The number of hydrogen-bond acceptors (Lipinski definition) is 4. The van der Waals surface area contributed by atoms with Gasteiger partial charge >= 0.3 is 0 Å². The summed E-state index contributed by atoms with van der Waals surface area (Å²) in [6, 6.07) is 1.65. The van der Waals surface area contributed by atoms with Gasteiger partial charge in [-0.05, 0) is 19.4 Å². The second-order valence-corrected chi connectivity index (χ2v) is 4.28. The summed E-state index contributed by atoms with van der Waals surface area (Å²) in [4.78, 5) is 3.92. The molecule has 6 heteroatoms. The first-order valence-electron chi connectivity index (χ1n) is 4.85. The van der Waals surface area contributed by atoms with Crippen molar-refractivity contribution in [1.29, 1.82) is 0 Å². The lowest BCUT2D eigenvalue weighted by Crippen LogP contribution is -1.97. The van der Waals surface area contributed by atoms with Gasteiger partial charge in [0.1, 0.15) is 5.75 Å². The van der Waals surface area contributed by atoms with Crippen LogP contribution in [0.4, 0.5) is 0 Å². The lowest BCUT2D eigenvalue weighted by molar-refractivity contribution is 0.448. The number of halogens is 2. The zero-order chi connectivity index (χ0) is 12.4. The minimum atomic E-state index is 0.374. The van der Waals surface area contributed by atoms with Crippen LogP contribution in [0.15, 0.2) is 18.5 Å². The molecule has 4 nitrogen and oxygen atoms in total. The summed E-state index contributed by atoms with van der Waals surface area (Å²) in [7, 11) is 0. The number of ether oxygens (including phenoxy) is 1. The van der Waals surface area contributed by atoms with Crippen molar-refractivity contribution in [3.05, 3.63) is 39.8 Å². The van der Waals surface area contributed by atoms with Gasteiger partial charge < -0.3 is 4.74 Å². The van der Waals surface area contributed by atoms with Gasteiger partial charge in [0.2, 0.25) is 5.88 Å². The molecule has 0 saturated heterocycles. The van der Waals surface area contributed by atoms with Gasteiger partial charge in [0.05, 0.1) is 11.2 Å². The van der Waals surface area contributed by atoms with Crippen LogP contribution in [0.25, 0.3) is 0 Å². The standard InChI is InChI=1S/C11H9Cl2N3O/c1-6-7(2)11(16-15-10(6)13)17-9-3-8(12)4-14-5-9/h3-5H,1-2H3. The molecule has 0 aliphatic carbocycles. The highest BCUT2D eigenvalue weighted by Crippen LogP contribution is 2.27. The molecule has 0 aliphatic rings. The normalized spacial score (nSPS) is 10.4. The van der Waals surface area contributed by atoms with Crippen LogP contribution in [0.3, 0.4) is 0 Å². The van der Waals surface area contributed by atoms with Gasteiger partial charge in [-0.3, -0.25) is 4.98 Å². The van der Waals surface area contributed by atoms with E-state index in [4.69, 9.17) is 27.9 Å². The first-order chi connectivity index (χ1) is 8.08. The third-order valence-electron chi connectivity index (χ3n) is 2.32. The van der Waals surface area contributed by atoms with E-state index >= 15 is 0 Å². The third kappa shape index (κ3) is 2.65. The lowest BCUT2D eigenvalue weighted by Gasteiger charge is -2.08. The van der Waals surface area contributed by atoms with E-state index in [0.29, 0.717) is 21.8 Å². The molecule has 2 aromatic heterocycles. The van der Waals surface area contributed by atoms with Gasteiger partial charge in [0, 0.05) is 17.8 Å². The van der Waals surface area contributed by atoms with Crippen molar-refractivity contribution in [1.82, 2.24) is 15.2 Å². The second kappa shape index (κ2) is 4.85. The number of hydrogen-bond donors (Lipinski definition) is 0. The Bertz CT molecular complexity index is 560. The first kappa shape index (κ1) is 12.1. The maximum atomic E-state index is 5.85. The first-order valence-corrected chi connectivity index (χ1v) is 5.61. The van der Waals surface area contributed by atoms with E-state index in [-0.39, 0.29) is 0 Å². The van der Waals surface area contributed by atoms with E-state index in [1.807, 2.05) is 13.8 Å². The summed E-state index contributed by atoms with van der Waals surface area (Å²) < 4.78 is 5.55. The number of nitrogens with zero attached hydrogens (tertiary/aromatic N) is 3. The van der Waals surface area contributed by atoms with Crippen LogP contribution in [-0.2, 0) is 0 Å². The molecule has 0 fully saturated rings. The summed E-state index contributed by atoms with van der Waals surface area (Å²) in [5, 5.41) is 8.56. The van der Waals surface area contributed by atoms with Crippen molar-refractivity contribution < 1.29 is 4.74 Å². The van der Waals surface area contributed by atoms with Gasteiger partial charge in [-0.2, -0.15) is 0 Å². The maximum Gasteiger partial charge on any atom is 0.242 e. The number of aromatic nitrogens is 3. The molecule has 0 N–H and O–H groups in total.